The molecule has 0 unspecified atom stereocenters. The Balaban J connectivity index is 1.54. The maximum absolute atomic E-state index is 11.8. The second-order valence-corrected chi connectivity index (χ2v) is 8.08. The fourth-order valence-electron chi connectivity index (χ4n) is 3.50. The van der Waals surface area contributed by atoms with Crippen LogP contribution in [0, 0.1) is 25.2 Å². The van der Waals surface area contributed by atoms with Crippen LogP contribution in [0.1, 0.15) is 28.1 Å². The van der Waals surface area contributed by atoms with Gasteiger partial charge in [0.05, 0.1) is 16.5 Å². The molecule has 0 atom stereocenters. The van der Waals surface area contributed by atoms with E-state index in [2.05, 4.69) is 16.0 Å². The van der Waals surface area contributed by atoms with E-state index in [1.54, 1.807) is 12.1 Å². The lowest BCUT2D eigenvalue weighted by atomic mass is 10.1. The first-order chi connectivity index (χ1) is 15.0. The van der Waals surface area contributed by atoms with Crippen molar-refractivity contribution in [2.75, 3.05) is 0 Å². The highest BCUT2D eigenvalue weighted by Crippen LogP contribution is 2.29. The van der Waals surface area contributed by atoms with Crippen LogP contribution in [0.4, 0.5) is 4.79 Å². The predicted octanol–water partition coefficient (Wildman–Crippen LogP) is 4.87. The zero-order valence-electron chi connectivity index (χ0n) is 17.0. The molecular weight excluding hydrogens is 410 g/mol. The number of amides is 2. The van der Waals surface area contributed by atoms with E-state index in [9.17, 15) is 14.9 Å². The largest absolute Gasteiger partial charge is 0.489 e. The van der Waals surface area contributed by atoms with Crippen molar-refractivity contribution >= 4 is 29.0 Å². The molecule has 3 aromatic rings. The second-order valence-electron chi connectivity index (χ2n) is 7.07. The summed E-state index contributed by atoms with van der Waals surface area (Å²) in [4.78, 5) is 23.6. The Morgan fingerprint density at radius 3 is 2.55 bits per heavy atom. The van der Waals surface area contributed by atoms with Crippen LogP contribution in [-0.2, 0) is 11.4 Å². The third kappa shape index (κ3) is 4.25. The van der Waals surface area contributed by atoms with Crippen LogP contribution in [0.5, 0.6) is 5.75 Å². The summed E-state index contributed by atoms with van der Waals surface area (Å²) in [6.07, 6.45) is 1.74. The maximum Gasteiger partial charge on any atom is 0.290 e. The van der Waals surface area contributed by atoms with Gasteiger partial charge < -0.3 is 9.30 Å². The summed E-state index contributed by atoms with van der Waals surface area (Å²) in [5.74, 6) is 0.345. The first-order valence-corrected chi connectivity index (χ1v) is 10.4. The van der Waals surface area contributed by atoms with Gasteiger partial charge in [-0.15, -0.1) is 0 Å². The molecule has 31 heavy (non-hydrogen) atoms. The standard InChI is InChI=1S/C24H19N3O3S/c1-15-11-19(12-22-23(28)26-24(29)31-22)16(2)27(15)20-7-9-21(10-8-20)30-14-18-6-4-3-5-17(18)13-25/h3-12H,14H2,1-2H3,(H,26,28,29)/b22-12-. The molecule has 0 spiro atoms. The van der Waals surface area contributed by atoms with Gasteiger partial charge in [0, 0.05) is 22.6 Å². The van der Waals surface area contributed by atoms with Gasteiger partial charge in [-0.2, -0.15) is 5.26 Å². The number of aryl methyl sites for hydroxylation is 1. The summed E-state index contributed by atoms with van der Waals surface area (Å²) < 4.78 is 7.94. The average molecular weight is 430 g/mol. The Kier molecular flexibility index (Phi) is 5.65. The molecule has 0 radical (unpaired) electrons. The summed E-state index contributed by atoms with van der Waals surface area (Å²) in [5, 5.41) is 11.1. The summed E-state index contributed by atoms with van der Waals surface area (Å²) in [6.45, 7) is 4.29. The molecule has 0 aliphatic carbocycles. The Labute approximate surface area is 184 Å². The van der Waals surface area contributed by atoms with Gasteiger partial charge in [-0.1, -0.05) is 18.2 Å². The van der Waals surface area contributed by atoms with Crippen LogP contribution < -0.4 is 10.1 Å². The Morgan fingerprint density at radius 2 is 1.87 bits per heavy atom. The number of hydrogen-bond donors (Lipinski definition) is 1. The van der Waals surface area contributed by atoms with Crippen LogP contribution in [0.25, 0.3) is 11.8 Å². The summed E-state index contributed by atoms with van der Waals surface area (Å²) in [6, 6.07) is 19.2. The summed E-state index contributed by atoms with van der Waals surface area (Å²) >= 11 is 0.912. The number of thioether (sulfide) groups is 1. The molecule has 1 aliphatic rings. The monoisotopic (exact) mass is 429 g/mol. The molecule has 1 aliphatic heterocycles. The lowest BCUT2D eigenvalue weighted by Crippen LogP contribution is -2.17. The maximum atomic E-state index is 11.8. The van der Waals surface area contributed by atoms with Gasteiger partial charge in [0.15, 0.2) is 0 Å². The van der Waals surface area contributed by atoms with Gasteiger partial charge in [0.2, 0.25) is 0 Å². The molecule has 2 aromatic carbocycles. The highest BCUT2D eigenvalue weighted by Gasteiger charge is 2.25. The molecule has 2 amide bonds. The second kappa shape index (κ2) is 8.54. The normalized spacial score (nSPS) is 14.5. The Morgan fingerprint density at radius 1 is 1.13 bits per heavy atom. The molecule has 1 aromatic heterocycles. The van der Waals surface area contributed by atoms with Crippen LogP contribution in [0.15, 0.2) is 59.5 Å². The van der Waals surface area contributed by atoms with Crippen molar-refractivity contribution in [3.8, 4) is 17.5 Å². The number of nitriles is 1. The molecule has 1 fully saturated rings. The van der Waals surface area contributed by atoms with Crippen molar-refractivity contribution in [1.82, 2.24) is 9.88 Å². The van der Waals surface area contributed by atoms with Gasteiger partial charge in [0.25, 0.3) is 11.1 Å². The molecule has 154 valence electrons. The van der Waals surface area contributed by atoms with Crippen molar-refractivity contribution in [3.63, 3.8) is 0 Å². The first kappa shape index (κ1) is 20.5. The minimum Gasteiger partial charge on any atom is -0.489 e. The number of rotatable bonds is 5. The fourth-order valence-corrected chi connectivity index (χ4v) is 4.17. The van der Waals surface area contributed by atoms with Crippen molar-refractivity contribution in [2.45, 2.75) is 20.5 Å². The number of imide groups is 1. The molecule has 6 nitrogen and oxygen atoms in total. The zero-order chi connectivity index (χ0) is 22.0. The van der Waals surface area contributed by atoms with Crippen molar-refractivity contribution in [1.29, 1.82) is 5.26 Å². The van der Waals surface area contributed by atoms with Gasteiger partial charge in [-0.3, -0.25) is 14.9 Å². The van der Waals surface area contributed by atoms with E-state index < -0.39 is 0 Å². The number of carbonyl (C=O) groups excluding carboxylic acids is 2. The van der Waals surface area contributed by atoms with Crippen LogP contribution >= 0.6 is 11.8 Å². The number of hydrogen-bond acceptors (Lipinski definition) is 5. The Bertz CT molecular complexity index is 1250. The molecule has 7 heteroatoms. The molecule has 0 saturated carbocycles. The first-order valence-electron chi connectivity index (χ1n) is 9.61. The quantitative estimate of drug-likeness (QED) is 0.585. The molecule has 2 heterocycles. The molecule has 1 N–H and O–H groups in total. The Hall–Kier alpha value is -3.76. The van der Waals surface area contributed by atoms with Gasteiger partial charge in [-0.25, -0.2) is 0 Å². The summed E-state index contributed by atoms with van der Waals surface area (Å²) in [7, 11) is 0. The van der Waals surface area contributed by atoms with Crippen molar-refractivity contribution < 1.29 is 14.3 Å². The SMILES string of the molecule is Cc1cc(/C=C2\SC(=O)NC2=O)c(C)n1-c1ccc(OCc2ccccc2C#N)cc1. The smallest absolute Gasteiger partial charge is 0.290 e. The van der Waals surface area contributed by atoms with E-state index in [1.807, 2.05) is 62.4 Å². The minimum atomic E-state index is -0.362. The molecular formula is C24H19N3O3S. The third-order valence-corrected chi connectivity index (χ3v) is 5.84. The van der Waals surface area contributed by atoms with Crippen LogP contribution in [-0.4, -0.2) is 15.7 Å². The lowest BCUT2D eigenvalue weighted by Gasteiger charge is -2.12. The molecule has 4 rings (SSSR count). The lowest BCUT2D eigenvalue weighted by molar-refractivity contribution is -0.115. The number of ether oxygens (including phenoxy) is 1. The number of nitrogens with one attached hydrogen (secondary N) is 1. The third-order valence-electron chi connectivity index (χ3n) is 5.03. The van der Waals surface area contributed by atoms with Crippen LogP contribution in [0.3, 0.4) is 0 Å². The van der Waals surface area contributed by atoms with Gasteiger partial charge in [0.1, 0.15) is 12.4 Å². The van der Waals surface area contributed by atoms with Crippen molar-refractivity contribution in [3.05, 3.63) is 87.6 Å². The molecule has 1 saturated heterocycles. The fraction of sp³-hybridized carbons (Fsp3) is 0.125. The average Bonchev–Trinajstić information content (AvgIpc) is 3.23. The van der Waals surface area contributed by atoms with E-state index in [1.165, 1.54) is 0 Å². The highest BCUT2D eigenvalue weighted by atomic mass is 32.2. The van der Waals surface area contributed by atoms with Crippen LogP contribution in [0.2, 0.25) is 0 Å². The van der Waals surface area contributed by atoms with E-state index in [0.717, 1.165) is 40.0 Å². The van der Waals surface area contributed by atoms with E-state index in [0.29, 0.717) is 22.8 Å². The van der Waals surface area contributed by atoms with E-state index >= 15 is 0 Å². The number of benzene rings is 2. The number of nitrogens with zero attached hydrogens (tertiary/aromatic N) is 2. The number of aromatic nitrogens is 1. The number of carbonyl (C=O) groups is 2. The van der Waals surface area contributed by atoms with Crippen molar-refractivity contribution in [2.24, 2.45) is 0 Å². The zero-order valence-corrected chi connectivity index (χ0v) is 17.8. The van der Waals surface area contributed by atoms with Gasteiger partial charge in [-0.05, 0) is 73.6 Å². The van der Waals surface area contributed by atoms with E-state index in [-0.39, 0.29) is 11.1 Å². The molecule has 0 bridgehead atoms. The summed E-state index contributed by atoms with van der Waals surface area (Å²) in [5.41, 5.74) is 5.28. The van der Waals surface area contributed by atoms with Gasteiger partial charge >= 0.3 is 0 Å². The minimum absolute atomic E-state index is 0.320. The van der Waals surface area contributed by atoms with E-state index in [4.69, 9.17) is 4.74 Å². The predicted molar refractivity (Wildman–Crippen MR) is 120 cm³/mol. The topological polar surface area (TPSA) is 84.1 Å². The highest BCUT2D eigenvalue weighted by molar-refractivity contribution is 8.18.